The van der Waals surface area contributed by atoms with Crippen LogP contribution in [0.1, 0.15) is 30.0 Å². The van der Waals surface area contributed by atoms with Crippen LogP contribution >= 0.6 is 0 Å². The molecule has 2 aliphatic heterocycles. The van der Waals surface area contributed by atoms with Gasteiger partial charge in [0, 0.05) is 17.4 Å². The molecule has 0 aromatic heterocycles. The van der Waals surface area contributed by atoms with Crippen molar-refractivity contribution in [2.24, 2.45) is 11.8 Å². The van der Waals surface area contributed by atoms with Gasteiger partial charge in [-0.1, -0.05) is 47.4 Å². The summed E-state index contributed by atoms with van der Waals surface area (Å²) in [6.45, 7) is 3.11. The lowest BCUT2D eigenvalue weighted by Gasteiger charge is -2.53. The highest BCUT2D eigenvalue weighted by molar-refractivity contribution is 6.75. The minimum absolute atomic E-state index is 0.0217. The molecule has 3 aliphatic carbocycles. The predicted molar refractivity (Wildman–Crippen MR) is 172 cm³/mol. The Morgan fingerprint density at radius 2 is 1.69 bits per heavy atom. The van der Waals surface area contributed by atoms with E-state index < -0.39 is 81.7 Å². The number of hydrogen-bond donors (Lipinski definition) is 6. The molecule has 254 valence electrons. The number of fused-ring (bicyclic) bond motifs is 4. The summed E-state index contributed by atoms with van der Waals surface area (Å²) in [5, 5.41) is 60.4. The Balaban J connectivity index is 1.28. The maximum Gasteiger partial charge on any atom is 0.504 e. The molecule has 0 bridgehead atoms. The van der Waals surface area contributed by atoms with Gasteiger partial charge >= 0.3 is 6.69 Å². The smallest absolute Gasteiger partial charge is 0.504 e. The fourth-order valence-corrected chi connectivity index (χ4v) is 9.00. The molecule has 0 spiro atoms. The van der Waals surface area contributed by atoms with Crippen LogP contribution < -0.4 is 10.8 Å². The second-order valence-corrected chi connectivity index (χ2v) is 14.2. The number of benzene rings is 2. The molecule has 1 saturated carbocycles. The quantitative estimate of drug-likeness (QED) is 0.191. The van der Waals surface area contributed by atoms with Crippen molar-refractivity contribution in [3.63, 3.8) is 0 Å². The van der Waals surface area contributed by atoms with Gasteiger partial charge in [-0.15, -0.1) is 0 Å². The van der Waals surface area contributed by atoms with Crippen LogP contribution in [0.2, 0.25) is 0 Å². The van der Waals surface area contributed by atoms with Gasteiger partial charge in [-0.3, -0.25) is 19.3 Å². The lowest BCUT2D eigenvalue weighted by atomic mass is 9.54. The van der Waals surface area contributed by atoms with E-state index in [1.54, 1.807) is 14.1 Å². The molecule has 2 saturated heterocycles. The van der Waals surface area contributed by atoms with Crippen LogP contribution in [0.5, 0.6) is 5.75 Å². The molecule has 5 aliphatic rings. The van der Waals surface area contributed by atoms with Gasteiger partial charge in [0.25, 0.3) is 5.91 Å². The van der Waals surface area contributed by atoms with Crippen molar-refractivity contribution < 1.29 is 53.6 Å². The first-order valence-corrected chi connectivity index (χ1v) is 16.2. The molecule has 2 aromatic rings. The Bertz CT molecular complexity index is 1810. The van der Waals surface area contributed by atoms with Gasteiger partial charge in [-0.2, -0.15) is 0 Å². The van der Waals surface area contributed by atoms with Crippen LogP contribution in [0, 0.1) is 18.8 Å². The van der Waals surface area contributed by atoms with Crippen LogP contribution in [0.3, 0.4) is 0 Å². The second kappa shape index (κ2) is 10.7. The predicted octanol–water partition coefficient (Wildman–Crippen LogP) is 0.249. The molecule has 14 heteroatoms. The molecule has 7 rings (SSSR count). The van der Waals surface area contributed by atoms with E-state index in [0.717, 1.165) is 11.0 Å². The molecule has 13 nitrogen and oxygen atoms in total. The molecule has 2 aromatic carbocycles. The zero-order valence-electron chi connectivity index (χ0n) is 27.3. The molecule has 2 heterocycles. The third kappa shape index (κ3) is 4.10. The third-order valence-corrected chi connectivity index (χ3v) is 11.5. The van der Waals surface area contributed by atoms with Gasteiger partial charge in [0.1, 0.15) is 29.5 Å². The number of carbonyl (C=O) groups excluding carboxylic acids is 3. The lowest BCUT2D eigenvalue weighted by Crippen LogP contribution is -2.72. The Kier molecular flexibility index (Phi) is 7.26. The van der Waals surface area contributed by atoms with Crippen LogP contribution in [0.4, 0.5) is 0 Å². The summed E-state index contributed by atoms with van der Waals surface area (Å²) in [7, 11) is 3.11. The fourth-order valence-electron chi connectivity index (χ4n) is 9.00. The number of nitrogens with zero attached hydrogens (tertiary/aromatic N) is 2. The van der Waals surface area contributed by atoms with E-state index in [9.17, 15) is 39.9 Å². The van der Waals surface area contributed by atoms with Crippen molar-refractivity contribution in [3.05, 3.63) is 76.1 Å². The number of hydrogen-bond acceptors (Lipinski definition) is 11. The zero-order chi connectivity index (χ0) is 34.6. The standard InChI is InChI=1S/C34H40BN3O10/c1-18-8-10-19(11-9-18)35-38(12-14-47-35,13-15-48-35)17-36-32(44)26-29(41)27(37(3)4)22-16-21-25(30(42)34(22,46)31(26)43)28(40)24-20(33(21,2)45)6-5-7-23(24)39/h5-11,21-22,27,39-40,43,45-46H,12-17H2,1-4H3,(H,36,44)/t21-,22+,27-,33+,34+,35?,38?/m1/s1. The van der Waals surface area contributed by atoms with Gasteiger partial charge in [0.15, 0.2) is 11.4 Å². The number of ketones is 2. The van der Waals surface area contributed by atoms with Gasteiger partial charge in [-0.05, 0) is 46.0 Å². The van der Waals surface area contributed by atoms with Crippen molar-refractivity contribution in [2.75, 3.05) is 47.1 Å². The number of nitrogens with one attached hydrogen (secondary N) is 1. The number of aromatic hydroxyl groups is 1. The highest BCUT2D eigenvalue weighted by Crippen LogP contribution is 2.57. The molecule has 3 fully saturated rings. The van der Waals surface area contributed by atoms with Crippen molar-refractivity contribution in [1.29, 1.82) is 0 Å². The zero-order valence-corrected chi connectivity index (χ0v) is 27.3. The maximum absolute atomic E-state index is 14.4. The van der Waals surface area contributed by atoms with E-state index in [0.29, 0.717) is 26.3 Å². The van der Waals surface area contributed by atoms with E-state index in [1.807, 2.05) is 31.2 Å². The first-order valence-electron chi connectivity index (χ1n) is 16.2. The van der Waals surface area contributed by atoms with Crippen LogP contribution in [0.15, 0.2) is 59.4 Å². The molecule has 1 amide bonds. The average Bonchev–Trinajstić information content (AvgIpc) is 3.57. The van der Waals surface area contributed by atoms with E-state index in [2.05, 4.69) is 5.32 Å². The summed E-state index contributed by atoms with van der Waals surface area (Å²) < 4.78 is 12.7. The summed E-state index contributed by atoms with van der Waals surface area (Å²) >= 11 is 0. The number of quaternary nitrogens is 1. The minimum atomic E-state index is -2.80. The Labute approximate surface area is 277 Å². The molecular formula is C34H40BN3O10. The number of likely N-dealkylation sites (N-methyl/N-ethyl adjacent to an activating group) is 1. The van der Waals surface area contributed by atoms with E-state index in [4.69, 9.17) is 9.31 Å². The number of phenolic OH excluding ortho intramolecular Hbond substituents is 1. The first-order chi connectivity index (χ1) is 22.6. The molecule has 6 N–H and O–H groups in total. The normalized spacial score (nSPS) is 35.8. The van der Waals surface area contributed by atoms with E-state index >= 15 is 0 Å². The number of phenols is 1. The van der Waals surface area contributed by atoms with Gasteiger partial charge in [0.2, 0.25) is 5.78 Å². The van der Waals surface area contributed by atoms with Gasteiger partial charge in [0.05, 0.1) is 43.5 Å². The van der Waals surface area contributed by atoms with E-state index in [-0.39, 0.29) is 28.6 Å². The molecule has 0 unspecified atom stereocenters. The van der Waals surface area contributed by atoms with Gasteiger partial charge < -0.3 is 44.6 Å². The number of rotatable bonds is 5. The number of amides is 1. The number of Topliss-reactive ketones (excluding diaryl/α,β-unsaturated/α-hetero) is 2. The number of aryl methyl sites for hydroxylation is 1. The number of aliphatic hydroxyl groups excluding tert-OH is 2. The summed E-state index contributed by atoms with van der Waals surface area (Å²) in [5.41, 5.74) is -3.89. The second-order valence-electron chi connectivity index (χ2n) is 14.2. The van der Waals surface area contributed by atoms with E-state index in [1.165, 1.54) is 30.0 Å². The molecular weight excluding hydrogens is 621 g/mol. The average molecular weight is 662 g/mol. The van der Waals surface area contributed by atoms with Crippen molar-refractivity contribution >= 4 is 35.4 Å². The SMILES string of the molecule is Cc1ccc([B-]23OCC[N+]2(CNC(=O)C2=C(O)[C@@]4(O)C(=O)C5=C(O)c6c(O)cccc6[C@](C)(O)[C@@H]5C[C@H]4[C@@H](N(C)C)C2=O)CCO3)cc1. The first kappa shape index (κ1) is 32.5. The van der Waals surface area contributed by atoms with Crippen molar-refractivity contribution in [3.8, 4) is 5.75 Å². The summed E-state index contributed by atoms with van der Waals surface area (Å²) in [5.74, 6) is -7.52. The third-order valence-electron chi connectivity index (χ3n) is 11.5. The molecule has 0 radical (unpaired) electrons. The monoisotopic (exact) mass is 661 g/mol. The molecule has 48 heavy (non-hydrogen) atoms. The topological polar surface area (TPSA) is 186 Å². The Morgan fingerprint density at radius 1 is 1.04 bits per heavy atom. The highest BCUT2D eigenvalue weighted by atomic mass is 16.6. The minimum Gasteiger partial charge on any atom is -0.508 e. The lowest BCUT2D eigenvalue weighted by molar-refractivity contribution is -0.822. The van der Waals surface area contributed by atoms with Crippen LogP contribution in [-0.2, 0) is 29.3 Å². The molecule has 5 atom stereocenters. The maximum atomic E-state index is 14.4. The van der Waals surface area contributed by atoms with Crippen molar-refractivity contribution in [1.82, 2.24) is 10.2 Å². The largest absolute Gasteiger partial charge is 0.508 e. The Morgan fingerprint density at radius 3 is 2.31 bits per heavy atom. The van der Waals surface area contributed by atoms with Crippen molar-refractivity contribution in [2.45, 2.75) is 37.5 Å². The number of carbonyl (C=O) groups is 3. The fraction of sp³-hybridized carbons (Fsp3) is 0.441. The van der Waals surface area contributed by atoms with Gasteiger partial charge in [-0.25, -0.2) is 0 Å². The van der Waals surface area contributed by atoms with Crippen LogP contribution in [0.25, 0.3) is 5.76 Å². The number of aliphatic hydroxyl groups is 4. The Hall–Kier alpha value is -4.05. The highest BCUT2D eigenvalue weighted by Gasteiger charge is 2.67. The summed E-state index contributed by atoms with van der Waals surface area (Å²) in [4.78, 5) is 44.0. The van der Waals surface area contributed by atoms with Crippen LogP contribution in [-0.4, -0.2) is 118 Å². The summed E-state index contributed by atoms with van der Waals surface area (Å²) in [6, 6.07) is 10.8. The summed E-state index contributed by atoms with van der Waals surface area (Å²) in [6.07, 6.45) is -0.215.